The molecule has 0 bridgehead atoms. The molecule has 0 N–H and O–H groups in total. The Balaban J connectivity index is 1.68. The second-order valence-electron chi connectivity index (χ2n) is 6.79. The summed E-state index contributed by atoms with van der Waals surface area (Å²) in [6.45, 7) is 0. The molecule has 130 valence electrons. The number of hydrogen-bond acceptors (Lipinski definition) is 3. The number of thioether (sulfide) groups is 1. The summed E-state index contributed by atoms with van der Waals surface area (Å²) in [4.78, 5) is 26.3. The van der Waals surface area contributed by atoms with Crippen LogP contribution in [0.2, 0.25) is 0 Å². The van der Waals surface area contributed by atoms with Gasteiger partial charge in [0, 0.05) is 28.9 Å². The number of hydrogen-bond donors (Lipinski definition) is 0. The average molecular weight is 356 g/mol. The van der Waals surface area contributed by atoms with Crippen molar-refractivity contribution in [3.63, 3.8) is 0 Å². The monoisotopic (exact) mass is 356 g/mol. The van der Waals surface area contributed by atoms with E-state index in [4.69, 9.17) is 0 Å². The number of Topliss-reactive ketones (excluding diaryl/α,β-unsaturated/α-hetero) is 2. The van der Waals surface area contributed by atoms with E-state index in [1.807, 2.05) is 30.5 Å². The van der Waals surface area contributed by atoms with E-state index in [9.17, 15) is 14.0 Å². The normalized spacial score (nSPS) is 15.4. The topological polar surface area (TPSA) is 34.1 Å². The van der Waals surface area contributed by atoms with Gasteiger partial charge in [0.1, 0.15) is 5.82 Å². The van der Waals surface area contributed by atoms with Crippen LogP contribution >= 0.6 is 11.8 Å². The van der Waals surface area contributed by atoms with Crippen molar-refractivity contribution >= 4 is 23.3 Å². The van der Waals surface area contributed by atoms with Gasteiger partial charge in [0.25, 0.3) is 0 Å². The first-order chi connectivity index (χ1) is 12.0. The molecule has 1 aliphatic carbocycles. The predicted octanol–water partition coefficient (Wildman–Crippen LogP) is 5.56. The maximum Gasteiger partial charge on any atom is 0.163 e. The van der Waals surface area contributed by atoms with Crippen molar-refractivity contribution in [3.05, 3.63) is 65.5 Å². The molecular weight excluding hydrogens is 335 g/mol. The van der Waals surface area contributed by atoms with Gasteiger partial charge in [-0.05, 0) is 60.9 Å². The second kappa shape index (κ2) is 7.52. The third-order valence-electron chi connectivity index (χ3n) is 5.06. The molecule has 1 saturated carbocycles. The highest BCUT2D eigenvalue weighted by atomic mass is 32.2. The van der Waals surface area contributed by atoms with Crippen LogP contribution in [0.25, 0.3) is 0 Å². The average Bonchev–Trinajstić information content (AvgIpc) is 2.60. The van der Waals surface area contributed by atoms with Gasteiger partial charge in [-0.3, -0.25) is 9.59 Å². The van der Waals surface area contributed by atoms with E-state index < -0.39 is 0 Å². The van der Waals surface area contributed by atoms with E-state index in [-0.39, 0.29) is 22.8 Å². The Morgan fingerprint density at radius 2 is 1.40 bits per heavy atom. The fraction of sp³-hybridized carbons (Fsp3) is 0.333. The van der Waals surface area contributed by atoms with Crippen LogP contribution in [0.1, 0.15) is 52.8 Å². The lowest BCUT2D eigenvalue weighted by Gasteiger charge is -2.41. The van der Waals surface area contributed by atoms with Crippen LogP contribution in [-0.2, 0) is 0 Å². The lowest BCUT2D eigenvalue weighted by molar-refractivity contribution is 0.0641. The van der Waals surface area contributed by atoms with E-state index in [0.29, 0.717) is 24.0 Å². The van der Waals surface area contributed by atoms with Gasteiger partial charge in [-0.2, -0.15) is 0 Å². The van der Waals surface area contributed by atoms with Crippen molar-refractivity contribution in [2.75, 3.05) is 6.26 Å². The van der Waals surface area contributed by atoms with E-state index >= 15 is 0 Å². The number of benzene rings is 2. The Labute approximate surface area is 151 Å². The zero-order chi connectivity index (χ0) is 17.9. The number of carbonyl (C=O) groups excluding carboxylic acids is 2. The molecule has 3 rings (SSSR count). The van der Waals surface area contributed by atoms with Crippen LogP contribution in [0.15, 0.2) is 53.4 Å². The highest BCUT2D eigenvalue weighted by molar-refractivity contribution is 7.98. The third kappa shape index (κ3) is 4.18. The van der Waals surface area contributed by atoms with Gasteiger partial charge in [0.15, 0.2) is 11.6 Å². The fourth-order valence-electron chi connectivity index (χ4n) is 3.39. The summed E-state index contributed by atoms with van der Waals surface area (Å²) in [6, 6.07) is 13.3. The molecule has 0 aromatic heterocycles. The molecule has 25 heavy (non-hydrogen) atoms. The molecule has 2 nitrogen and oxygen atoms in total. The molecule has 0 amide bonds. The van der Waals surface area contributed by atoms with Gasteiger partial charge in [0.2, 0.25) is 0 Å². The van der Waals surface area contributed by atoms with Gasteiger partial charge < -0.3 is 0 Å². The summed E-state index contributed by atoms with van der Waals surface area (Å²) in [7, 11) is 0. The van der Waals surface area contributed by atoms with Crippen LogP contribution < -0.4 is 0 Å². The molecule has 0 saturated heterocycles. The summed E-state index contributed by atoms with van der Waals surface area (Å²) >= 11 is 1.64. The van der Waals surface area contributed by atoms with Gasteiger partial charge in [-0.25, -0.2) is 4.39 Å². The van der Waals surface area contributed by atoms with Gasteiger partial charge in [-0.1, -0.05) is 18.6 Å². The van der Waals surface area contributed by atoms with Crippen molar-refractivity contribution in [3.8, 4) is 0 Å². The number of carbonyl (C=O) groups is 2. The Kier molecular flexibility index (Phi) is 5.38. The summed E-state index contributed by atoms with van der Waals surface area (Å²) < 4.78 is 13.0. The van der Waals surface area contributed by atoms with Crippen LogP contribution in [0, 0.1) is 11.2 Å². The Morgan fingerprint density at radius 1 is 0.920 bits per heavy atom. The molecule has 2 aromatic rings. The molecular formula is C21H21FO2S. The molecule has 0 unspecified atom stereocenters. The lowest BCUT2D eigenvalue weighted by Crippen LogP contribution is -2.34. The minimum Gasteiger partial charge on any atom is -0.294 e. The number of halogens is 1. The summed E-state index contributed by atoms with van der Waals surface area (Å²) in [6.07, 6.45) is 5.60. The maximum atomic E-state index is 13.0. The van der Waals surface area contributed by atoms with Crippen molar-refractivity contribution in [2.45, 2.75) is 37.0 Å². The SMILES string of the molecule is CSc1ccc(C(=O)CC2(CC(=O)c3ccc(F)cc3)CCC2)cc1. The second-order valence-corrected chi connectivity index (χ2v) is 7.67. The number of rotatable bonds is 7. The molecule has 4 heteroatoms. The molecule has 0 heterocycles. The minimum absolute atomic E-state index is 0.00905. The first kappa shape index (κ1) is 17.9. The molecule has 1 fully saturated rings. The highest BCUT2D eigenvalue weighted by Crippen LogP contribution is 2.48. The van der Waals surface area contributed by atoms with E-state index in [0.717, 1.165) is 24.2 Å². The third-order valence-corrected chi connectivity index (χ3v) is 5.81. The minimum atomic E-state index is -0.348. The van der Waals surface area contributed by atoms with Crippen molar-refractivity contribution in [2.24, 2.45) is 5.41 Å². The number of ketones is 2. The Bertz CT molecular complexity index is 761. The van der Waals surface area contributed by atoms with Crippen LogP contribution in [0.4, 0.5) is 4.39 Å². The smallest absolute Gasteiger partial charge is 0.163 e. The fourth-order valence-corrected chi connectivity index (χ4v) is 3.80. The molecule has 0 spiro atoms. The largest absolute Gasteiger partial charge is 0.294 e. The van der Waals surface area contributed by atoms with Gasteiger partial charge in [-0.15, -0.1) is 11.8 Å². The Hall–Kier alpha value is -1.94. The van der Waals surface area contributed by atoms with E-state index in [1.54, 1.807) is 11.8 Å². The summed E-state index contributed by atoms with van der Waals surface area (Å²) in [5.41, 5.74) is 0.989. The van der Waals surface area contributed by atoms with Crippen molar-refractivity contribution in [1.29, 1.82) is 0 Å². The van der Waals surface area contributed by atoms with Crippen LogP contribution in [0.3, 0.4) is 0 Å². The molecule has 0 radical (unpaired) electrons. The molecule has 0 aliphatic heterocycles. The lowest BCUT2D eigenvalue weighted by atomic mass is 9.62. The molecule has 1 aliphatic rings. The van der Waals surface area contributed by atoms with E-state index in [1.165, 1.54) is 24.3 Å². The summed E-state index contributed by atoms with van der Waals surface area (Å²) in [5, 5.41) is 0. The predicted molar refractivity (Wildman–Crippen MR) is 98.8 cm³/mol. The van der Waals surface area contributed by atoms with Crippen molar-refractivity contribution < 1.29 is 14.0 Å². The quantitative estimate of drug-likeness (QED) is 0.481. The first-order valence-corrected chi connectivity index (χ1v) is 9.70. The van der Waals surface area contributed by atoms with Gasteiger partial charge >= 0.3 is 0 Å². The highest BCUT2D eigenvalue weighted by Gasteiger charge is 2.40. The Morgan fingerprint density at radius 3 is 1.80 bits per heavy atom. The van der Waals surface area contributed by atoms with E-state index in [2.05, 4.69) is 0 Å². The molecule has 0 atom stereocenters. The standard InChI is InChI=1S/C21H21FO2S/c1-25-18-9-5-16(6-10-18)20(24)14-21(11-2-12-21)13-19(23)15-3-7-17(22)8-4-15/h3-10H,2,11-14H2,1H3. The maximum absolute atomic E-state index is 13.0. The first-order valence-electron chi connectivity index (χ1n) is 8.47. The van der Waals surface area contributed by atoms with Crippen molar-refractivity contribution in [1.82, 2.24) is 0 Å². The van der Waals surface area contributed by atoms with Gasteiger partial charge in [0.05, 0.1) is 0 Å². The zero-order valence-corrected chi connectivity index (χ0v) is 15.1. The van der Waals surface area contributed by atoms with Crippen LogP contribution in [0.5, 0.6) is 0 Å². The summed E-state index contributed by atoms with van der Waals surface area (Å²) in [5.74, 6) is -0.261. The zero-order valence-electron chi connectivity index (χ0n) is 14.3. The molecule has 2 aromatic carbocycles. The van der Waals surface area contributed by atoms with Crippen LogP contribution in [-0.4, -0.2) is 17.8 Å².